The normalized spacial score (nSPS) is 10.1. The molecule has 0 bridgehead atoms. The zero-order valence-corrected chi connectivity index (χ0v) is 10.5. The van der Waals surface area contributed by atoms with Gasteiger partial charge in [0, 0.05) is 18.3 Å². The Kier molecular flexibility index (Phi) is 3.62. The second kappa shape index (κ2) is 5.35. The van der Waals surface area contributed by atoms with E-state index in [9.17, 15) is 0 Å². The lowest BCUT2D eigenvalue weighted by Gasteiger charge is -2.09. The highest BCUT2D eigenvalue weighted by molar-refractivity contribution is 5.45. The number of nitrogens with one attached hydrogen (secondary N) is 1. The molecule has 2 aromatic rings. The molecule has 94 valence electrons. The molecule has 0 aliphatic heterocycles. The molecule has 0 saturated heterocycles. The zero-order chi connectivity index (χ0) is 13.0. The SMILES string of the molecule is COc1ccc(CNc2nc(N)ncc2C)cc1. The van der Waals surface area contributed by atoms with Gasteiger partial charge in [-0.05, 0) is 24.6 Å². The molecule has 3 N–H and O–H groups in total. The quantitative estimate of drug-likeness (QED) is 0.860. The molecular weight excluding hydrogens is 228 g/mol. The molecule has 0 spiro atoms. The largest absolute Gasteiger partial charge is 0.497 e. The van der Waals surface area contributed by atoms with Crippen molar-refractivity contribution in [1.82, 2.24) is 9.97 Å². The maximum Gasteiger partial charge on any atom is 0.221 e. The van der Waals surface area contributed by atoms with E-state index >= 15 is 0 Å². The van der Waals surface area contributed by atoms with Gasteiger partial charge in [0.25, 0.3) is 0 Å². The summed E-state index contributed by atoms with van der Waals surface area (Å²) >= 11 is 0. The van der Waals surface area contributed by atoms with E-state index in [0.29, 0.717) is 6.54 Å². The lowest BCUT2D eigenvalue weighted by molar-refractivity contribution is 0.414. The minimum Gasteiger partial charge on any atom is -0.497 e. The first kappa shape index (κ1) is 12.2. The van der Waals surface area contributed by atoms with Crippen molar-refractivity contribution in [3.8, 4) is 5.75 Å². The molecular formula is C13H16N4O. The summed E-state index contributed by atoms with van der Waals surface area (Å²) in [5, 5.41) is 3.24. The summed E-state index contributed by atoms with van der Waals surface area (Å²) in [5.74, 6) is 1.89. The van der Waals surface area contributed by atoms with Gasteiger partial charge >= 0.3 is 0 Å². The molecule has 1 heterocycles. The van der Waals surface area contributed by atoms with E-state index in [1.165, 1.54) is 0 Å². The molecule has 5 heteroatoms. The van der Waals surface area contributed by atoms with Gasteiger partial charge in [0.05, 0.1) is 7.11 Å². The Hall–Kier alpha value is -2.30. The lowest BCUT2D eigenvalue weighted by Crippen LogP contribution is -2.06. The number of benzene rings is 1. The molecule has 0 unspecified atom stereocenters. The first-order valence-corrected chi connectivity index (χ1v) is 5.65. The number of hydrogen-bond donors (Lipinski definition) is 2. The van der Waals surface area contributed by atoms with Crippen molar-refractivity contribution in [2.24, 2.45) is 0 Å². The summed E-state index contributed by atoms with van der Waals surface area (Å²) in [6, 6.07) is 7.87. The number of aryl methyl sites for hydroxylation is 1. The number of hydrogen-bond acceptors (Lipinski definition) is 5. The van der Waals surface area contributed by atoms with Crippen LogP contribution in [0.1, 0.15) is 11.1 Å². The van der Waals surface area contributed by atoms with Gasteiger partial charge in [0.2, 0.25) is 5.95 Å². The molecule has 1 aromatic carbocycles. The summed E-state index contributed by atoms with van der Waals surface area (Å²) in [4.78, 5) is 8.08. The third-order valence-electron chi connectivity index (χ3n) is 2.61. The van der Waals surface area contributed by atoms with Crippen LogP contribution in [0.3, 0.4) is 0 Å². The zero-order valence-electron chi connectivity index (χ0n) is 10.5. The molecule has 0 amide bonds. The third kappa shape index (κ3) is 2.88. The first-order chi connectivity index (χ1) is 8.69. The monoisotopic (exact) mass is 244 g/mol. The van der Waals surface area contributed by atoms with Crippen LogP contribution in [0.5, 0.6) is 5.75 Å². The Labute approximate surface area is 106 Å². The smallest absolute Gasteiger partial charge is 0.221 e. The maximum atomic E-state index is 5.56. The topological polar surface area (TPSA) is 73.1 Å². The van der Waals surface area contributed by atoms with Crippen LogP contribution in [0.2, 0.25) is 0 Å². The Morgan fingerprint density at radius 1 is 1.28 bits per heavy atom. The van der Waals surface area contributed by atoms with Crippen molar-refractivity contribution in [3.63, 3.8) is 0 Å². The molecule has 18 heavy (non-hydrogen) atoms. The van der Waals surface area contributed by atoms with Gasteiger partial charge < -0.3 is 15.8 Å². The van der Waals surface area contributed by atoms with Gasteiger partial charge in [-0.1, -0.05) is 12.1 Å². The van der Waals surface area contributed by atoms with Gasteiger partial charge in [-0.25, -0.2) is 4.98 Å². The fourth-order valence-corrected chi connectivity index (χ4v) is 1.56. The number of nitrogens with two attached hydrogens (primary N) is 1. The van der Waals surface area contributed by atoms with Crippen molar-refractivity contribution in [3.05, 3.63) is 41.6 Å². The van der Waals surface area contributed by atoms with Crippen LogP contribution in [0.25, 0.3) is 0 Å². The predicted molar refractivity (Wildman–Crippen MR) is 71.5 cm³/mol. The van der Waals surface area contributed by atoms with Gasteiger partial charge in [-0.2, -0.15) is 4.98 Å². The molecule has 5 nitrogen and oxygen atoms in total. The van der Waals surface area contributed by atoms with E-state index in [1.54, 1.807) is 13.3 Å². The van der Waals surface area contributed by atoms with Gasteiger partial charge in [-0.15, -0.1) is 0 Å². The van der Waals surface area contributed by atoms with Gasteiger partial charge in [0.15, 0.2) is 0 Å². The molecule has 0 saturated carbocycles. The Bertz CT molecular complexity index is 525. The second-order valence-electron chi connectivity index (χ2n) is 3.96. The van der Waals surface area contributed by atoms with E-state index in [0.717, 1.165) is 22.7 Å². The Balaban J connectivity index is 2.04. The van der Waals surface area contributed by atoms with E-state index in [-0.39, 0.29) is 5.95 Å². The van der Waals surface area contributed by atoms with Crippen molar-refractivity contribution in [1.29, 1.82) is 0 Å². The highest BCUT2D eigenvalue weighted by Crippen LogP contribution is 2.15. The van der Waals surface area contributed by atoms with E-state index in [1.807, 2.05) is 31.2 Å². The third-order valence-corrected chi connectivity index (χ3v) is 2.61. The summed E-state index contributed by atoms with van der Waals surface area (Å²) < 4.78 is 5.11. The predicted octanol–water partition coefficient (Wildman–Crippen LogP) is 1.99. The number of rotatable bonds is 4. The number of anilines is 2. The maximum absolute atomic E-state index is 5.56. The van der Waals surface area contributed by atoms with E-state index < -0.39 is 0 Å². The number of aromatic nitrogens is 2. The summed E-state index contributed by atoms with van der Waals surface area (Å²) in [5.41, 5.74) is 7.67. The first-order valence-electron chi connectivity index (χ1n) is 5.65. The fourth-order valence-electron chi connectivity index (χ4n) is 1.56. The molecule has 2 rings (SSSR count). The van der Waals surface area contributed by atoms with Crippen molar-refractivity contribution in [2.75, 3.05) is 18.2 Å². The van der Waals surface area contributed by atoms with Crippen LogP contribution >= 0.6 is 0 Å². The van der Waals surface area contributed by atoms with Crippen LogP contribution in [0, 0.1) is 6.92 Å². The fraction of sp³-hybridized carbons (Fsp3) is 0.231. The van der Waals surface area contributed by atoms with Crippen LogP contribution < -0.4 is 15.8 Å². The number of methoxy groups -OCH3 is 1. The molecule has 0 radical (unpaired) electrons. The molecule has 0 aliphatic rings. The molecule has 0 atom stereocenters. The Morgan fingerprint density at radius 2 is 2.00 bits per heavy atom. The van der Waals surface area contributed by atoms with Gasteiger partial charge in [0.1, 0.15) is 11.6 Å². The highest BCUT2D eigenvalue weighted by atomic mass is 16.5. The van der Waals surface area contributed by atoms with Crippen LogP contribution in [-0.4, -0.2) is 17.1 Å². The average molecular weight is 244 g/mol. The van der Waals surface area contributed by atoms with Crippen molar-refractivity contribution >= 4 is 11.8 Å². The number of ether oxygens (including phenoxy) is 1. The van der Waals surface area contributed by atoms with Crippen molar-refractivity contribution < 1.29 is 4.74 Å². The van der Waals surface area contributed by atoms with Gasteiger partial charge in [-0.3, -0.25) is 0 Å². The van der Waals surface area contributed by atoms with Crippen LogP contribution in [0.15, 0.2) is 30.5 Å². The molecule has 0 aliphatic carbocycles. The standard InChI is InChI=1S/C13H16N4O/c1-9-7-16-13(14)17-12(9)15-8-10-3-5-11(18-2)6-4-10/h3-7H,8H2,1-2H3,(H3,14,15,16,17). The molecule has 0 fully saturated rings. The highest BCUT2D eigenvalue weighted by Gasteiger charge is 2.01. The van der Waals surface area contributed by atoms with Crippen molar-refractivity contribution in [2.45, 2.75) is 13.5 Å². The minimum absolute atomic E-state index is 0.276. The number of nitrogen functional groups attached to an aromatic ring is 1. The summed E-state index contributed by atoms with van der Waals surface area (Å²) in [6.07, 6.45) is 1.71. The second-order valence-corrected chi connectivity index (χ2v) is 3.96. The Morgan fingerprint density at radius 3 is 2.67 bits per heavy atom. The lowest BCUT2D eigenvalue weighted by atomic mass is 10.2. The average Bonchev–Trinajstić information content (AvgIpc) is 2.40. The van der Waals surface area contributed by atoms with E-state index in [4.69, 9.17) is 10.5 Å². The molecule has 1 aromatic heterocycles. The summed E-state index contributed by atoms with van der Waals surface area (Å²) in [6.45, 7) is 2.62. The van der Waals surface area contributed by atoms with E-state index in [2.05, 4.69) is 15.3 Å². The minimum atomic E-state index is 0.276. The number of nitrogens with zero attached hydrogens (tertiary/aromatic N) is 2. The van der Waals surface area contributed by atoms with Crippen LogP contribution in [-0.2, 0) is 6.54 Å². The van der Waals surface area contributed by atoms with Crippen LogP contribution in [0.4, 0.5) is 11.8 Å². The summed E-state index contributed by atoms with van der Waals surface area (Å²) in [7, 11) is 1.65.